The molecule has 210 valence electrons. The Balaban J connectivity index is 1.75. The van der Waals surface area contributed by atoms with Gasteiger partial charge in [-0.05, 0) is 60.8 Å². The Morgan fingerprint density at radius 3 is 2.18 bits per heavy atom. The number of hydrogen-bond acceptors (Lipinski definition) is 4. The molecular formula is C34H43ClO4. The largest absolute Gasteiger partial charge is 0.463 e. The van der Waals surface area contributed by atoms with Gasteiger partial charge in [0.05, 0.1) is 11.5 Å². The van der Waals surface area contributed by atoms with E-state index in [1.807, 2.05) is 37.3 Å². The molecule has 0 spiro atoms. The molecule has 4 nitrogen and oxygen atoms in total. The van der Waals surface area contributed by atoms with Gasteiger partial charge in [-0.1, -0.05) is 113 Å². The Labute approximate surface area is 239 Å². The summed E-state index contributed by atoms with van der Waals surface area (Å²) in [4.78, 5) is 26.9. The molecular weight excluding hydrogens is 508 g/mol. The van der Waals surface area contributed by atoms with Crippen LogP contribution >= 0.6 is 11.6 Å². The SMILES string of the molecule is CCCCCC[C@H](C)OC(=O)C1(C(=O)OC[C@H](Cl)CC(C)C)C=CC(c2ccc(-c3ccccc3)cc2)=CC1. The number of rotatable bonds is 14. The van der Waals surface area contributed by atoms with Crippen molar-refractivity contribution in [3.8, 4) is 11.1 Å². The second-order valence-corrected chi connectivity index (χ2v) is 11.6. The third-order valence-electron chi connectivity index (χ3n) is 7.14. The predicted molar refractivity (Wildman–Crippen MR) is 160 cm³/mol. The summed E-state index contributed by atoms with van der Waals surface area (Å²) >= 11 is 6.39. The highest BCUT2D eigenvalue weighted by Crippen LogP contribution is 2.37. The third kappa shape index (κ3) is 8.83. The Morgan fingerprint density at radius 1 is 0.897 bits per heavy atom. The van der Waals surface area contributed by atoms with E-state index in [0.29, 0.717) is 5.92 Å². The predicted octanol–water partition coefficient (Wildman–Crippen LogP) is 8.78. The van der Waals surface area contributed by atoms with Crippen molar-refractivity contribution < 1.29 is 19.1 Å². The van der Waals surface area contributed by atoms with Crippen molar-refractivity contribution >= 4 is 29.1 Å². The first-order valence-electron chi connectivity index (χ1n) is 14.3. The lowest BCUT2D eigenvalue weighted by Gasteiger charge is -2.30. The molecule has 1 aliphatic rings. The highest BCUT2D eigenvalue weighted by Gasteiger charge is 2.48. The summed E-state index contributed by atoms with van der Waals surface area (Å²) in [5.41, 5.74) is 2.74. The van der Waals surface area contributed by atoms with Crippen LogP contribution in [0.3, 0.4) is 0 Å². The molecule has 0 saturated heterocycles. The van der Waals surface area contributed by atoms with Crippen LogP contribution in [0.4, 0.5) is 0 Å². The van der Waals surface area contributed by atoms with Crippen molar-refractivity contribution in [3.63, 3.8) is 0 Å². The fourth-order valence-electron chi connectivity index (χ4n) is 4.80. The number of ether oxygens (including phenoxy) is 2. The van der Waals surface area contributed by atoms with Gasteiger partial charge in [-0.25, -0.2) is 0 Å². The van der Waals surface area contributed by atoms with Gasteiger partial charge >= 0.3 is 11.9 Å². The standard InChI is InChI=1S/C34H43ClO4/c1-5-6-7-9-12-26(4)39-33(37)34(32(36)38-24-31(35)23-25(2)3)21-19-30(20-22-34)29-17-15-28(16-18-29)27-13-10-8-11-14-27/h8,10-11,13-21,25-26,31H,5-7,9,12,22-24H2,1-4H3/t26-,31+,34?/m0/s1. The molecule has 5 heteroatoms. The van der Waals surface area contributed by atoms with Crippen LogP contribution in [0.2, 0.25) is 0 Å². The minimum Gasteiger partial charge on any atom is -0.463 e. The summed E-state index contributed by atoms with van der Waals surface area (Å²) < 4.78 is 11.4. The molecule has 0 fully saturated rings. The Morgan fingerprint density at radius 2 is 1.56 bits per heavy atom. The number of alkyl halides is 1. The van der Waals surface area contributed by atoms with Gasteiger partial charge in [0.1, 0.15) is 6.61 Å². The smallest absolute Gasteiger partial charge is 0.328 e. The molecule has 0 aromatic heterocycles. The minimum absolute atomic E-state index is 0.0610. The van der Waals surface area contributed by atoms with Gasteiger partial charge in [0.2, 0.25) is 0 Å². The first kappa shape index (κ1) is 30.7. The van der Waals surface area contributed by atoms with E-state index < -0.39 is 17.4 Å². The van der Waals surface area contributed by atoms with Gasteiger partial charge in [-0.15, -0.1) is 11.6 Å². The maximum Gasteiger partial charge on any atom is 0.328 e. The van der Waals surface area contributed by atoms with E-state index in [1.54, 1.807) is 6.08 Å². The van der Waals surface area contributed by atoms with E-state index in [-0.39, 0.29) is 24.5 Å². The average molecular weight is 551 g/mol. The van der Waals surface area contributed by atoms with E-state index in [0.717, 1.165) is 60.8 Å². The fourth-order valence-corrected chi connectivity index (χ4v) is 5.22. The topological polar surface area (TPSA) is 52.6 Å². The third-order valence-corrected chi connectivity index (χ3v) is 7.44. The van der Waals surface area contributed by atoms with Crippen LogP contribution in [0, 0.1) is 11.3 Å². The highest BCUT2D eigenvalue weighted by molar-refractivity contribution is 6.20. The first-order chi connectivity index (χ1) is 18.7. The quantitative estimate of drug-likeness (QED) is 0.102. The number of hydrogen-bond donors (Lipinski definition) is 0. The lowest BCUT2D eigenvalue weighted by atomic mass is 9.78. The monoisotopic (exact) mass is 550 g/mol. The zero-order valence-corrected chi connectivity index (χ0v) is 24.6. The van der Waals surface area contributed by atoms with Crippen LogP contribution in [-0.4, -0.2) is 30.0 Å². The summed E-state index contributed by atoms with van der Waals surface area (Å²) in [7, 11) is 0. The summed E-state index contributed by atoms with van der Waals surface area (Å²) in [6, 6.07) is 18.5. The van der Waals surface area contributed by atoms with E-state index in [4.69, 9.17) is 21.1 Å². The van der Waals surface area contributed by atoms with Crippen LogP contribution in [-0.2, 0) is 19.1 Å². The first-order valence-corrected chi connectivity index (χ1v) is 14.8. The number of unbranched alkanes of at least 4 members (excludes halogenated alkanes) is 3. The van der Waals surface area contributed by atoms with Crippen LogP contribution in [0.15, 0.2) is 72.8 Å². The summed E-state index contributed by atoms with van der Waals surface area (Å²) in [5.74, 6) is -0.783. The second-order valence-electron chi connectivity index (χ2n) is 11.0. The van der Waals surface area contributed by atoms with Crippen LogP contribution in [0.5, 0.6) is 0 Å². The van der Waals surface area contributed by atoms with Crippen molar-refractivity contribution in [2.45, 2.75) is 84.1 Å². The molecule has 0 N–H and O–H groups in total. The van der Waals surface area contributed by atoms with Gasteiger partial charge in [-0.2, -0.15) is 0 Å². The normalized spacial score (nSPS) is 18.4. The molecule has 3 atom stereocenters. The molecule has 1 unspecified atom stereocenters. The fraction of sp³-hybridized carbons (Fsp3) is 0.471. The van der Waals surface area contributed by atoms with Crippen LogP contribution < -0.4 is 0 Å². The van der Waals surface area contributed by atoms with Gasteiger partial charge < -0.3 is 9.47 Å². The lowest BCUT2D eigenvalue weighted by Crippen LogP contribution is -2.42. The molecule has 2 aromatic carbocycles. The summed E-state index contributed by atoms with van der Waals surface area (Å²) in [6.45, 7) is 8.26. The molecule has 0 saturated carbocycles. The van der Waals surface area contributed by atoms with E-state index in [2.05, 4.69) is 57.2 Å². The Kier molecular flexibility index (Phi) is 11.9. The zero-order valence-electron chi connectivity index (χ0n) is 23.8. The molecule has 2 aromatic rings. The lowest BCUT2D eigenvalue weighted by molar-refractivity contribution is -0.171. The summed E-state index contributed by atoms with van der Waals surface area (Å²) in [5, 5.41) is -0.304. The highest BCUT2D eigenvalue weighted by atomic mass is 35.5. The zero-order chi connectivity index (χ0) is 28.3. The number of halogens is 1. The van der Waals surface area contributed by atoms with Crippen LogP contribution in [0.25, 0.3) is 16.7 Å². The van der Waals surface area contributed by atoms with Crippen molar-refractivity contribution in [3.05, 3.63) is 78.4 Å². The van der Waals surface area contributed by atoms with Crippen LogP contribution in [0.1, 0.15) is 78.2 Å². The summed E-state index contributed by atoms with van der Waals surface area (Å²) in [6.07, 6.45) is 11.2. The average Bonchev–Trinajstić information content (AvgIpc) is 2.94. The maximum atomic E-state index is 13.5. The minimum atomic E-state index is -1.51. The Bertz CT molecular complexity index is 1120. The Hall–Kier alpha value is -2.85. The van der Waals surface area contributed by atoms with Gasteiger partial charge in [0.15, 0.2) is 5.41 Å². The van der Waals surface area contributed by atoms with Gasteiger partial charge in [0.25, 0.3) is 0 Å². The molecule has 0 bridgehead atoms. The molecule has 39 heavy (non-hydrogen) atoms. The molecule has 0 aliphatic heterocycles. The number of allylic oxidation sites excluding steroid dienone is 3. The van der Waals surface area contributed by atoms with Crippen molar-refractivity contribution in [1.29, 1.82) is 0 Å². The number of esters is 2. The maximum absolute atomic E-state index is 13.5. The van der Waals surface area contributed by atoms with Crippen molar-refractivity contribution in [1.82, 2.24) is 0 Å². The molecule has 0 amide bonds. The number of benzene rings is 2. The molecule has 1 aliphatic carbocycles. The van der Waals surface area contributed by atoms with Crippen molar-refractivity contribution in [2.75, 3.05) is 6.61 Å². The van der Waals surface area contributed by atoms with E-state index in [9.17, 15) is 9.59 Å². The molecule has 3 rings (SSSR count). The molecule has 0 heterocycles. The second kappa shape index (κ2) is 15.1. The van der Waals surface area contributed by atoms with Gasteiger partial charge in [0, 0.05) is 0 Å². The number of carbonyl (C=O) groups excluding carboxylic acids is 2. The van der Waals surface area contributed by atoms with Gasteiger partial charge in [-0.3, -0.25) is 9.59 Å². The number of carbonyl (C=O) groups is 2. The van der Waals surface area contributed by atoms with E-state index >= 15 is 0 Å². The molecule has 0 radical (unpaired) electrons. The van der Waals surface area contributed by atoms with Crippen molar-refractivity contribution in [2.24, 2.45) is 11.3 Å². The van der Waals surface area contributed by atoms with E-state index in [1.165, 1.54) is 0 Å².